The smallest absolute Gasteiger partial charge is 0.243 e. The summed E-state index contributed by atoms with van der Waals surface area (Å²) in [7, 11) is -2.08. The van der Waals surface area contributed by atoms with Gasteiger partial charge in [0.25, 0.3) is 0 Å². The van der Waals surface area contributed by atoms with Gasteiger partial charge in [-0.05, 0) is 18.2 Å². The van der Waals surface area contributed by atoms with Gasteiger partial charge in [-0.25, -0.2) is 8.42 Å². The molecule has 2 aromatic rings. The van der Waals surface area contributed by atoms with E-state index in [9.17, 15) is 13.5 Å². The molecule has 3 rings (SSSR count). The van der Waals surface area contributed by atoms with E-state index >= 15 is 0 Å². The second-order valence-electron chi connectivity index (χ2n) is 5.10. The third kappa shape index (κ3) is 2.35. The molecule has 6 heteroatoms. The van der Waals surface area contributed by atoms with Gasteiger partial charge in [-0.15, -0.1) is 0 Å². The molecule has 1 aromatic heterocycles. The zero-order valence-electron chi connectivity index (χ0n) is 11.5. The zero-order chi connectivity index (χ0) is 15.0. The van der Waals surface area contributed by atoms with E-state index in [1.54, 1.807) is 30.5 Å². The third-order valence-electron chi connectivity index (χ3n) is 3.87. The predicted molar refractivity (Wildman–Crippen MR) is 78.1 cm³/mol. The highest BCUT2D eigenvalue weighted by atomic mass is 32.2. The number of likely N-dealkylation sites (N-methyl/N-ethyl adjacent to an activating group) is 1. The molecule has 0 saturated carbocycles. The summed E-state index contributed by atoms with van der Waals surface area (Å²) in [6, 6.07) is 11.5. The largest absolute Gasteiger partial charge is 0.387 e. The van der Waals surface area contributed by atoms with Crippen molar-refractivity contribution in [2.75, 3.05) is 7.05 Å². The van der Waals surface area contributed by atoms with E-state index in [4.69, 9.17) is 0 Å². The maximum atomic E-state index is 12.5. The minimum Gasteiger partial charge on any atom is -0.387 e. The summed E-state index contributed by atoms with van der Waals surface area (Å²) in [5, 5.41) is 10.6. The number of aromatic nitrogens is 1. The van der Waals surface area contributed by atoms with Crippen molar-refractivity contribution >= 4 is 10.0 Å². The molecule has 2 heterocycles. The lowest BCUT2D eigenvalue weighted by Gasteiger charge is -2.36. The second-order valence-corrected chi connectivity index (χ2v) is 7.06. The van der Waals surface area contributed by atoms with Crippen LogP contribution in [-0.2, 0) is 16.4 Å². The average Bonchev–Trinajstić information content (AvgIpc) is 2.51. The van der Waals surface area contributed by atoms with Crippen molar-refractivity contribution < 1.29 is 13.5 Å². The maximum absolute atomic E-state index is 12.5. The Morgan fingerprint density at radius 1 is 1.19 bits per heavy atom. The number of sulfonamides is 1. The first-order valence-electron chi connectivity index (χ1n) is 6.67. The summed E-state index contributed by atoms with van der Waals surface area (Å²) < 4.78 is 26.3. The van der Waals surface area contributed by atoms with Crippen LogP contribution in [0.15, 0.2) is 53.6 Å². The first-order chi connectivity index (χ1) is 10.0. The summed E-state index contributed by atoms with van der Waals surface area (Å²) in [4.78, 5) is 4.39. The molecule has 0 radical (unpaired) electrons. The fourth-order valence-electron chi connectivity index (χ4n) is 2.67. The molecule has 1 N–H and O–H groups in total. The van der Waals surface area contributed by atoms with E-state index in [1.165, 1.54) is 17.4 Å². The van der Waals surface area contributed by atoms with Gasteiger partial charge in [-0.1, -0.05) is 24.3 Å². The lowest BCUT2D eigenvalue weighted by Crippen LogP contribution is -2.46. The van der Waals surface area contributed by atoms with Crippen LogP contribution in [0.2, 0.25) is 0 Å². The zero-order valence-corrected chi connectivity index (χ0v) is 12.4. The first-order valence-corrected chi connectivity index (χ1v) is 8.11. The number of pyridine rings is 1. The molecule has 1 aliphatic rings. The number of aliphatic hydroxyl groups is 1. The number of benzene rings is 1. The van der Waals surface area contributed by atoms with Gasteiger partial charge in [0.2, 0.25) is 10.0 Å². The van der Waals surface area contributed by atoms with Crippen LogP contribution in [0.5, 0.6) is 0 Å². The first kappa shape index (κ1) is 14.2. The second kappa shape index (κ2) is 5.22. The average molecular weight is 304 g/mol. The van der Waals surface area contributed by atoms with Gasteiger partial charge in [0.05, 0.1) is 17.0 Å². The normalized spacial score (nSPS) is 24.5. The summed E-state index contributed by atoms with van der Waals surface area (Å²) in [6.45, 7) is 0. The molecule has 21 heavy (non-hydrogen) atoms. The van der Waals surface area contributed by atoms with Crippen LogP contribution >= 0.6 is 0 Å². The number of fused-ring (bicyclic) bond motifs is 1. The standard InChI is InChI=1S/C15H16N2O3S/c1-17-13(10-11-6-4-5-9-16-11)15(18)12-7-2-3-8-14(12)21(17,19)20/h2-9,13,15,18H,10H2,1H3. The van der Waals surface area contributed by atoms with Crippen LogP contribution in [0.3, 0.4) is 0 Å². The number of nitrogens with zero attached hydrogens (tertiary/aromatic N) is 2. The highest BCUT2D eigenvalue weighted by Crippen LogP contribution is 2.36. The minimum atomic E-state index is -3.58. The predicted octanol–water partition coefficient (Wildman–Crippen LogP) is 1.36. The molecule has 1 aliphatic heterocycles. The topological polar surface area (TPSA) is 70.5 Å². The Bertz CT molecular complexity index is 747. The van der Waals surface area contributed by atoms with Gasteiger partial charge in [-0.2, -0.15) is 4.31 Å². The fourth-order valence-corrected chi connectivity index (χ4v) is 4.27. The van der Waals surface area contributed by atoms with E-state index < -0.39 is 22.2 Å². The molecule has 2 atom stereocenters. The van der Waals surface area contributed by atoms with Crippen LogP contribution in [0.25, 0.3) is 0 Å². The van der Waals surface area contributed by atoms with Crippen molar-refractivity contribution in [2.24, 2.45) is 0 Å². The van der Waals surface area contributed by atoms with Crippen LogP contribution in [0, 0.1) is 0 Å². The molecule has 0 spiro atoms. The molecule has 110 valence electrons. The van der Waals surface area contributed by atoms with Crippen molar-refractivity contribution in [3.8, 4) is 0 Å². The Balaban J connectivity index is 2.04. The van der Waals surface area contributed by atoms with E-state index in [2.05, 4.69) is 4.98 Å². The Morgan fingerprint density at radius 3 is 2.62 bits per heavy atom. The maximum Gasteiger partial charge on any atom is 0.243 e. The van der Waals surface area contributed by atoms with E-state index in [-0.39, 0.29) is 4.90 Å². The van der Waals surface area contributed by atoms with E-state index in [1.807, 2.05) is 12.1 Å². The molecular formula is C15H16N2O3S. The Hall–Kier alpha value is -1.76. The molecule has 5 nitrogen and oxygen atoms in total. The molecule has 0 aliphatic carbocycles. The molecular weight excluding hydrogens is 288 g/mol. The summed E-state index contributed by atoms with van der Waals surface area (Å²) >= 11 is 0. The van der Waals surface area contributed by atoms with Crippen LogP contribution in [-0.4, -0.2) is 35.9 Å². The quantitative estimate of drug-likeness (QED) is 0.909. The van der Waals surface area contributed by atoms with E-state index in [0.29, 0.717) is 12.0 Å². The summed E-state index contributed by atoms with van der Waals surface area (Å²) in [5.41, 5.74) is 1.21. The van der Waals surface area contributed by atoms with Gasteiger partial charge >= 0.3 is 0 Å². The summed E-state index contributed by atoms with van der Waals surface area (Å²) in [5.74, 6) is 0. The fraction of sp³-hybridized carbons (Fsp3) is 0.267. The lowest BCUT2D eigenvalue weighted by atomic mass is 9.98. The van der Waals surface area contributed by atoms with Gasteiger partial charge in [-0.3, -0.25) is 4.98 Å². The van der Waals surface area contributed by atoms with Crippen molar-refractivity contribution in [3.63, 3.8) is 0 Å². The molecule has 0 saturated heterocycles. The van der Waals surface area contributed by atoms with Gasteiger partial charge in [0.1, 0.15) is 0 Å². The number of hydrogen-bond donors (Lipinski definition) is 1. The van der Waals surface area contributed by atoms with Gasteiger partial charge < -0.3 is 5.11 Å². The molecule has 0 bridgehead atoms. The number of aliphatic hydroxyl groups excluding tert-OH is 1. The Morgan fingerprint density at radius 2 is 1.90 bits per heavy atom. The van der Waals surface area contributed by atoms with Crippen molar-refractivity contribution in [2.45, 2.75) is 23.5 Å². The van der Waals surface area contributed by atoms with Crippen molar-refractivity contribution in [1.82, 2.24) is 9.29 Å². The molecule has 0 amide bonds. The highest BCUT2D eigenvalue weighted by molar-refractivity contribution is 7.89. The van der Waals surface area contributed by atoms with Crippen LogP contribution in [0.4, 0.5) is 0 Å². The van der Waals surface area contributed by atoms with Crippen molar-refractivity contribution in [3.05, 3.63) is 59.9 Å². The molecule has 2 unspecified atom stereocenters. The Labute approximate surface area is 123 Å². The summed E-state index contributed by atoms with van der Waals surface area (Å²) in [6.07, 6.45) is 1.16. The minimum absolute atomic E-state index is 0.178. The Kier molecular flexibility index (Phi) is 3.52. The SMILES string of the molecule is CN1C(Cc2ccccn2)C(O)c2ccccc2S1(=O)=O. The van der Waals surface area contributed by atoms with Gasteiger partial charge in [0.15, 0.2) is 0 Å². The molecule has 1 aromatic carbocycles. The van der Waals surface area contributed by atoms with Crippen LogP contribution in [0.1, 0.15) is 17.4 Å². The molecule has 0 fully saturated rings. The van der Waals surface area contributed by atoms with Gasteiger partial charge in [0, 0.05) is 30.9 Å². The highest BCUT2D eigenvalue weighted by Gasteiger charge is 2.41. The lowest BCUT2D eigenvalue weighted by molar-refractivity contribution is 0.0887. The van der Waals surface area contributed by atoms with Crippen molar-refractivity contribution in [1.29, 1.82) is 0 Å². The third-order valence-corrected chi connectivity index (χ3v) is 5.83. The van der Waals surface area contributed by atoms with E-state index in [0.717, 1.165) is 5.69 Å². The van der Waals surface area contributed by atoms with Crippen LogP contribution < -0.4 is 0 Å². The monoisotopic (exact) mass is 304 g/mol. The number of rotatable bonds is 2. The number of hydrogen-bond acceptors (Lipinski definition) is 4.